The molecule has 0 radical (unpaired) electrons. The average molecular weight is 433 g/mol. The van der Waals surface area contributed by atoms with E-state index in [0.29, 0.717) is 11.3 Å². The van der Waals surface area contributed by atoms with E-state index < -0.39 is 27.9 Å². The van der Waals surface area contributed by atoms with Gasteiger partial charge in [-0.2, -0.15) is 13.2 Å². The highest BCUT2D eigenvalue weighted by atomic mass is 32.2. The second-order valence-electron chi connectivity index (χ2n) is 6.29. The average Bonchev–Trinajstić information content (AvgIpc) is 2.60. The predicted molar refractivity (Wildman–Crippen MR) is 99.6 cm³/mol. The van der Waals surface area contributed by atoms with Crippen molar-refractivity contribution in [1.29, 1.82) is 0 Å². The Bertz CT molecular complexity index is 994. The third kappa shape index (κ3) is 6.16. The van der Waals surface area contributed by atoms with E-state index in [9.17, 15) is 30.8 Å². The first-order chi connectivity index (χ1) is 13.4. The van der Waals surface area contributed by atoms with Gasteiger partial charge in [0.1, 0.15) is 5.82 Å². The number of nitrogens with zero attached hydrogens (tertiary/aromatic N) is 1. The van der Waals surface area contributed by atoms with Gasteiger partial charge < -0.3 is 0 Å². The molecule has 0 spiro atoms. The van der Waals surface area contributed by atoms with Crippen molar-refractivity contribution in [1.82, 2.24) is 10.9 Å². The van der Waals surface area contributed by atoms with E-state index in [1.807, 2.05) is 0 Å². The van der Waals surface area contributed by atoms with Crippen LogP contribution >= 0.6 is 0 Å². The van der Waals surface area contributed by atoms with Crippen LogP contribution in [0.25, 0.3) is 0 Å². The summed E-state index contributed by atoms with van der Waals surface area (Å²) in [5, 5.41) is 0. The first-order valence-corrected chi connectivity index (χ1v) is 10.1. The summed E-state index contributed by atoms with van der Waals surface area (Å²) in [5.41, 5.74) is 4.97. The third-order valence-corrected chi connectivity index (χ3v) is 5.09. The van der Waals surface area contributed by atoms with E-state index in [-0.39, 0.29) is 24.2 Å². The molecule has 2 N–H and O–H groups in total. The van der Waals surface area contributed by atoms with Crippen molar-refractivity contribution in [2.75, 3.05) is 10.6 Å². The molecule has 158 valence electrons. The molecule has 0 aliphatic carbocycles. The molecule has 0 fully saturated rings. The Kier molecular flexibility index (Phi) is 6.85. The Morgan fingerprint density at radius 1 is 1.14 bits per heavy atom. The minimum absolute atomic E-state index is 0.0850. The molecule has 2 aromatic carbocycles. The highest BCUT2D eigenvalue weighted by Crippen LogP contribution is 2.25. The van der Waals surface area contributed by atoms with E-state index >= 15 is 0 Å². The molecule has 0 saturated heterocycles. The molecule has 0 heterocycles. The van der Waals surface area contributed by atoms with Crippen LogP contribution in [0.5, 0.6) is 0 Å². The number of alkyl halides is 3. The third-order valence-electron chi connectivity index (χ3n) is 3.97. The maximum atomic E-state index is 14.5. The molecule has 1 amide bonds. The zero-order valence-corrected chi connectivity index (χ0v) is 16.4. The van der Waals surface area contributed by atoms with Gasteiger partial charge >= 0.3 is 12.1 Å². The Labute approximate surface area is 165 Å². The molecule has 0 atom stereocenters. The van der Waals surface area contributed by atoms with E-state index in [0.717, 1.165) is 16.6 Å². The lowest BCUT2D eigenvalue weighted by Gasteiger charge is -2.24. The normalized spacial score (nSPS) is 11.9. The van der Waals surface area contributed by atoms with Gasteiger partial charge in [0.25, 0.3) is 0 Å². The lowest BCUT2D eigenvalue weighted by molar-refractivity contribution is -0.174. The minimum Gasteiger partial charge on any atom is -0.283 e. The lowest BCUT2D eigenvalue weighted by atomic mass is 10.1. The highest BCUT2D eigenvalue weighted by Gasteiger charge is 2.38. The number of carbonyl (C=O) groups excluding carboxylic acids is 1. The summed E-state index contributed by atoms with van der Waals surface area (Å²) in [4.78, 5) is 10.7. The Balaban J connectivity index is 2.15. The van der Waals surface area contributed by atoms with Crippen LogP contribution in [-0.2, 0) is 27.9 Å². The van der Waals surface area contributed by atoms with Gasteiger partial charge in [0, 0.05) is 12.1 Å². The van der Waals surface area contributed by atoms with Crippen LogP contribution in [0.1, 0.15) is 16.7 Å². The van der Waals surface area contributed by atoms with Gasteiger partial charge in [-0.1, -0.05) is 30.3 Å². The van der Waals surface area contributed by atoms with Gasteiger partial charge in [0.2, 0.25) is 10.0 Å². The summed E-state index contributed by atoms with van der Waals surface area (Å²) < 4.78 is 76.3. The molecule has 0 bridgehead atoms. The molecule has 0 unspecified atom stereocenters. The molecule has 11 heteroatoms. The first kappa shape index (κ1) is 22.6. The first-order valence-electron chi connectivity index (χ1n) is 8.30. The summed E-state index contributed by atoms with van der Waals surface area (Å²) in [6.45, 7) is 1.22. The Morgan fingerprint density at radius 3 is 2.34 bits per heavy atom. The molecule has 2 aromatic rings. The standard InChI is InChI=1S/C18H19F4N3O3S/c1-12-5-3-4-6-16(12)25(29(2,27)28)11-14-8-7-13(9-15(14)19)10-23-24-17(26)18(20,21)22/h3-9,23H,10-11H2,1-2H3,(H,24,26). The molecule has 2 rings (SSSR count). The summed E-state index contributed by atoms with van der Waals surface area (Å²) in [6.07, 6.45) is -4.02. The van der Waals surface area contributed by atoms with Crippen molar-refractivity contribution in [2.45, 2.75) is 26.2 Å². The molecule has 0 aliphatic heterocycles. The predicted octanol–water partition coefficient (Wildman–Crippen LogP) is 2.78. The topological polar surface area (TPSA) is 78.5 Å². The number of carbonyl (C=O) groups is 1. The number of rotatable bonds is 7. The van der Waals surface area contributed by atoms with Gasteiger partial charge in [-0.15, -0.1) is 0 Å². The van der Waals surface area contributed by atoms with Crippen molar-refractivity contribution in [3.05, 3.63) is 65.0 Å². The van der Waals surface area contributed by atoms with Crippen LogP contribution in [0.3, 0.4) is 0 Å². The van der Waals surface area contributed by atoms with Gasteiger partial charge in [-0.05, 0) is 30.2 Å². The number of hydrazine groups is 1. The quantitative estimate of drug-likeness (QED) is 0.520. The minimum atomic E-state index is -5.03. The molecule has 6 nitrogen and oxygen atoms in total. The zero-order chi connectivity index (χ0) is 21.8. The largest absolute Gasteiger partial charge is 0.472 e. The highest BCUT2D eigenvalue weighted by molar-refractivity contribution is 7.92. The summed E-state index contributed by atoms with van der Waals surface area (Å²) in [7, 11) is -3.70. The number of benzene rings is 2. The molecule has 0 aromatic heterocycles. The SMILES string of the molecule is Cc1ccccc1N(Cc1ccc(CNNC(=O)C(F)(F)F)cc1F)S(C)(=O)=O. The van der Waals surface area contributed by atoms with E-state index in [4.69, 9.17) is 0 Å². The molecule has 0 aliphatic rings. The monoisotopic (exact) mass is 433 g/mol. The van der Waals surface area contributed by atoms with Crippen molar-refractivity contribution < 1.29 is 30.8 Å². The van der Waals surface area contributed by atoms with E-state index in [1.165, 1.54) is 17.6 Å². The Hall–Kier alpha value is -2.66. The van der Waals surface area contributed by atoms with Crippen LogP contribution in [0.2, 0.25) is 0 Å². The second-order valence-corrected chi connectivity index (χ2v) is 8.19. The number of hydrogen-bond acceptors (Lipinski definition) is 4. The van der Waals surface area contributed by atoms with E-state index in [2.05, 4.69) is 5.43 Å². The maximum absolute atomic E-state index is 14.5. The fraction of sp³-hybridized carbons (Fsp3) is 0.278. The number of aryl methyl sites for hydroxylation is 1. The van der Waals surface area contributed by atoms with Crippen LogP contribution < -0.4 is 15.2 Å². The number of anilines is 1. The van der Waals surface area contributed by atoms with Gasteiger partial charge in [0.15, 0.2) is 0 Å². The smallest absolute Gasteiger partial charge is 0.283 e. The van der Waals surface area contributed by atoms with Gasteiger partial charge in [-0.25, -0.2) is 18.2 Å². The summed E-state index contributed by atoms with van der Waals surface area (Å²) in [5.74, 6) is -2.90. The van der Waals surface area contributed by atoms with Crippen molar-refractivity contribution in [3.8, 4) is 0 Å². The van der Waals surface area contributed by atoms with Crippen molar-refractivity contribution in [2.24, 2.45) is 0 Å². The summed E-state index contributed by atoms with van der Waals surface area (Å²) in [6, 6.07) is 10.6. The zero-order valence-electron chi connectivity index (χ0n) is 15.5. The van der Waals surface area contributed by atoms with Crippen molar-refractivity contribution >= 4 is 21.6 Å². The fourth-order valence-electron chi connectivity index (χ4n) is 2.51. The van der Waals surface area contributed by atoms with Gasteiger partial charge in [-0.3, -0.25) is 14.5 Å². The number of para-hydroxylation sites is 1. The second kappa shape index (κ2) is 8.78. The van der Waals surface area contributed by atoms with Crippen LogP contribution in [0.15, 0.2) is 42.5 Å². The van der Waals surface area contributed by atoms with Crippen molar-refractivity contribution in [3.63, 3.8) is 0 Å². The number of sulfonamides is 1. The molecule has 0 saturated carbocycles. The number of nitrogens with one attached hydrogen (secondary N) is 2. The maximum Gasteiger partial charge on any atom is 0.472 e. The summed E-state index contributed by atoms with van der Waals surface area (Å²) >= 11 is 0. The molecule has 29 heavy (non-hydrogen) atoms. The Morgan fingerprint density at radius 2 is 1.79 bits per heavy atom. The van der Waals surface area contributed by atoms with Crippen LogP contribution in [0, 0.1) is 12.7 Å². The van der Waals surface area contributed by atoms with E-state index in [1.54, 1.807) is 31.2 Å². The number of halogens is 4. The van der Waals surface area contributed by atoms with Crippen LogP contribution in [0.4, 0.5) is 23.2 Å². The van der Waals surface area contributed by atoms with Crippen LogP contribution in [-0.4, -0.2) is 26.8 Å². The fourth-order valence-corrected chi connectivity index (χ4v) is 3.44. The number of amides is 1. The lowest BCUT2D eigenvalue weighted by Crippen LogP contribution is -2.44. The molecular weight excluding hydrogens is 414 g/mol. The number of hydrogen-bond donors (Lipinski definition) is 2. The van der Waals surface area contributed by atoms with Gasteiger partial charge in [0.05, 0.1) is 18.5 Å². The molecular formula is C18H19F4N3O3S.